The molecule has 10 heteroatoms. The lowest BCUT2D eigenvalue weighted by molar-refractivity contribution is -0.131. The van der Waals surface area contributed by atoms with Crippen molar-refractivity contribution in [2.24, 2.45) is 46.3 Å². The fourth-order valence-electron chi connectivity index (χ4n) is 11.1. The number of hydrogen-bond donors (Lipinski definition) is 4. The zero-order chi connectivity index (χ0) is 38.5. The molecular weight excluding hydrogens is 691 g/mol. The predicted octanol–water partition coefficient (Wildman–Crippen LogP) is 10.9. The smallest absolute Gasteiger partial charge is 0.405 e. The summed E-state index contributed by atoms with van der Waals surface area (Å²) >= 11 is 0. The van der Waals surface area contributed by atoms with E-state index in [2.05, 4.69) is 51.3 Å². The molecule has 8 atom stereocenters. The van der Waals surface area contributed by atoms with Crippen LogP contribution >= 0.6 is 21.6 Å². The van der Waals surface area contributed by atoms with Crippen molar-refractivity contribution in [3.05, 3.63) is 11.6 Å². The first kappa shape index (κ1) is 43.2. The number of carbonyl (C=O) groups is 3. The third-order valence-electron chi connectivity index (χ3n) is 14.1. The van der Waals surface area contributed by atoms with Gasteiger partial charge in [0.15, 0.2) is 0 Å². The molecule has 0 heterocycles. The molecular formula is C42H73N3O5S2. The molecule has 1 unspecified atom stereocenters. The summed E-state index contributed by atoms with van der Waals surface area (Å²) in [6.07, 6.45) is 16.7. The Morgan fingerprint density at radius 2 is 1.54 bits per heavy atom. The highest BCUT2D eigenvalue weighted by molar-refractivity contribution is 8.76. The van der Waals surface area contributed by atoms with Gasteiger partial charge in [0.25, 0.3) is 0 Å². The Bertz CT molecular complexity index is 1240. The molecule has 4 aliphatic carbocycles. The Labute approximate surface area is 324 Å². The van der Waals surface area contributed by atoms with Crippen molar-refractivity contribution in [2.45, 2.75) is 169 Å². The van der Waals surface area contributed by atoms with Gasteiger partial charge in [0, 0.05) is 41.6 Å². The van der Waals surface area contributed by atoms with E-state index in [-0.39, 0.29) is 5.91 Å². The first-order valence-electron chi connectivity index (χ1n) is 20.5. The van der Waals surface area contributed by atoms with Crippen molar-refractivity contribution < 1.29 is 24.6 Å². The molecule has 0 aromatic rings. The first-order chi connectivity index (χ1) is 24.3. The average Bonchev–Trinajstić information content (AvgIpc) is 3.39. The highest BCUT2D eigenvalue weighted by Crippen LogP contribution is 2.67. The molecule has 3 fully saturated rings. The zero-order valence-corrected chi connectivity index (χ0v) is 35.7. The standard InChI is InChI=1S/C42H73N3O5S2/c1-28(2)11-10-12-29(3)33-15-16-34-32-14-13-30-27-31(17-20-41(30,8)35(32)18-21-42(33,34)9)52-51-26-19-36(46)45(24-22-39(4,5)43-37(47)48)25-23-40(6,7)44-38(49)50/h13,28-29,31-35,43-44H,10-12,14-27H2,1-9H3,(H,47,48)(H,49,50)/t29?,31-,32-,33+,34-,35-,41-,42+/m0/s1. The number of fused-ring (bicyclic) bond motifs is 5. The number of hydrogen-bond acceptors (Lipinski definition) is 5. The first-order valence-corrected chi connectivity index (χ1v) is 22.9. The Balaban J connectivity index is 1.29. The van der Waals surface area contributed by atoms with Gasteiger partial charge in [0.05, 0.1) is 0 Å². The van der Waals surface area contributed by atoms with E-state index in [0.29, 0.717) is 48.4 Å². The summed E-state index contributed by atoms with van der Waals surface area (Å²) < 4.78 is 0. The van der Waals surface area contributed by atoms with E-state index >= 15 is 0 Å². The minimum atomic E-state index is -1.09. The minimum Gasteiger partial charge on any atom is -0.465 e. The highest BCUT2D eigenvalue weighted by Gasteiger charge is 2.59. The maximum absolute atomic E-state index is 13.5. The SMILES string of the molecule is CC(C)CCCC(C)[C@H]1CC[C@H]2[C@@H]3CC=C4C[C@@H](SSCCC(=O)N(CCC(C)(C)NC(=O)O)CCC(C)(C)NC(=O)O)CC[C@]4(C)[C@H]3CC[C@]12C. The number of nitrogens with zero attached hydrogens (tertiary/aromatic N) is 1. The van der Waals surface area contributed by atoms with Crippen molar-refractivity contribution in [1.82, 2.24) is 15.5 Å². The quantitative estimate of drug-likeness (QED) is 0.0623. The third-order valence-corrected chi connectivity index (χ3v) is 17.0. The topological polar surface area (TPSA) is 119 Å². The van der Waals surface area contributed by atoms with Crippen molar-refractivity contribution in [1.29, 1.82) is 0 Å². The second-order valence-corrected chi connectivity index (χ2v) is 22.1. The van der Waals surface area contributed by atoms with Gasteiger partial charge < -0.3 is 25.7 Å². The van der Waals surface area contributed by atoms with Gasteiger partial charge in [-0.05, 0) is 138 Å². The average molecular weight is 764 g/mol. The van der Waals surface area contributed by atoms with Crippen LogP contribution in [0.1, 0.15) is 152 Å². The van der Waals surface area contributed by atoms with E-state index < -0.39 is 23.3 Å². The number of rotatable bonds is 18. The molecule has 0 bridgehead atoms. The highest BCUT2D eigenvalue weighted by atomic mass is 33.1. The number of allylic oxidation sites excluding steroid dienone is 2. The summed E-state index contributed by atoms with van der Waals surface area (Å²) in [4.78, 5) is 37.8. The Morgan fingerprint density at radius 1 is 0.904 bits per heavy atom. The van der Waals surface area contributed by atoms with Crippen LogP contribution in [-0.2, 0) is 4.79 Å². The summed E-state index contributed by atoms with van der Waals surface area (Å²) in [6, 6.07) is 0. The summed E-state index contributed by atoms with van der Waals surface area (Å²) in [6.45, 7) is 20.7. The molecule has 0 aromatic heterocycles. The van der Waals surface area contributed by atoms with Gasteiger partial charge in [-0.25, -0.2) is 9.59 Å². The maximum Gasteiger partial charge on any atom is 0.405 e. The van der Waals surface area contributed by atoms with E-state index in [4.69, 9.17) is 0 Å². The third kappa shape index (κ3) is 11.0. The fourth-order valence-corrected chi connectivity index (χ4v) is 13.7. The lowest BCUT2D eigenvalue weighted by Gasteiger charge is -2.58. The molecule has 4 aliphatic rings. The lowest BCUT2D eigenvalue weighted by Crippen LogP contribution is -2.50. The van der Waals surface area contributed by atoms with Crippen molar-refractivity contribution in [2.75, 3.05) is 18.8 Å². The molecule has 52 heavy (non-hydrogen) atoms. The molecule has 3 amide bonds. The van der Waals surface area contributed by atoms with Gasteiger partial charge in [-0.2, -0.15) is 0 Å². The van der Waals surface area contributed by atoms with Crippen LogP contribution in [0.5, 0.6) is 0 Å². The van der Waals surface area contributed by atoms with Gasteiger partial charge in [-0.15, -0.1) is 0 Å². The normalized spacial score (nSPS) is 30.8. The number of amides is 3. The van der Waals surface area contributed by atoms with Crippen LogP contribution in [0.3, 0.4) is 0 Å². The van der Waals surface area contributed by atoms with Crippen LogP contribution in [0.4, 0.5) is 9.59 Å². The largest absolute Gasteiger partial charge is 0.465 e. The second-order valence-electron chi connectivity index (χ2n) is 19.3. The van der Waals surface area contributed by atoms with E-state index in [9.17, 15) is 24.6 Å². The monoisotopic (exact) mass is 763 g/mol. The molecule has 8 nitrogen and oxygen atoms in total. The molecule has 0 aromatic carbocycles. The second kappa shape index (κ2) is 17.9. The summed E-state index contributed by atoms with van der Waals surface area (Å²) in [5.74, 6) is 5.88. The van der Waals surface area contributed by atoms with Crippen LogP contribution in [0.25, 0.3) is 0 Å². The number of carbonyl (C=O) groups excluding carboxylic acids is 1. The predicted molar refractivity (Wildman–Crippen MR) is 218 cm³/mol. The van der Waals surface area contributed by atoms with Gasteiger partial charge in [-0.1, -0.05) is 87.1 Å². The van der Waals surface area contributed by atoms with E-state index in [1.54, 1.807) is 10.5 Å². The van der Waals surface area contributed by atoms with Crippen molar-refractivity contribution in [3.8, 4) is 0 Å². The zero-order valence-electron chi connectivity index (χ0n) is 34.0. The van der Waals surface area contributed by atoms with E-state index in [0.717, 1.165) is 41.3 Å². The van der Waals surface area contributed by atoms with Crippen LogP contribution in [0.2, 0.25) is 0 Å². The van der Waals surface area contributed by atoms with Gasteiger partial charge in [0.2, 0.25) is 5.91 Å². The van der Waals surface area contributed by atoms with E-state index in [1.165, 1.54) is 70.6 Å². The van der Waals surface area contributed by atoms with E-state index in [1.807, 2.05) is 49.3 Å². The number of nitrogens with one attached hydrogen (secondary N) is 2. The summed E-state index contributed by atoms with van der Waals surface area (Å²) in [5, 5.41) is 24.1. The molecule has 0 radical (unpaired) electrons. The van der Waals surface area contributed by atoms with Crippen LogP contribution in [0.15, 0.2) is 11.6 Å². The van der Waals surface area contributed by atoms with Crippen LogP contribution < -0.4 is 10.6 Å². The summed E-state index contributed by atoms with van der Waals surface area (Å²) in [7, 11) is 3.78. The Kier molecular flexibility index (Phi) is 14.9. The summed E-state index contributed by atoms with van der Waals surface area (Å²) in [5.41, 5.74) is 1.21. The molecule has 0 aliphatic heterocycles. The minimum absolute atomic E-state index is 0.0333. The lowest BCUT2D eigenvalue weighted by atomic mass is 9.47. The van der Waals surface area contributed by atoms with Gasteiger partial charge >= 0.3 is 12.2 Å². The van der Waals surface area contributed by atoms with Crippen molar-refractivity contribution >= 4 is 39.7 Å². The molecule has 0 saturated heterocycles. The van der Waals surface area contributed by atoms with Crippen molar-refractivity contribution in [3.63, 3.8) is 0 Å². The van der Waals surface area contributed by atoms with Crippen LogP contribution in [-0.4, -0.2) is 68.4 Å². The molecule has 3 saturated carbocycles. The maximum atomic E-state index is 13.5. The van der Waals surface area contributed by atoms with Gasteiger partial charge in [0.1, 0.15) is 0 Å². The van der Waals surface area contributed by atoms with Crippen LogP contribution in [0, 0.1) is 46.3 Å². The molecule has 4 rings (SSSR count). The molecule has 4 N–H and O–H groups in total. The Morgan fingerprint density at radius 3 is 2.13 bits per heavy atom. The molecule has 0 spiro atoms. The Hall–Kier alpha value is -1.55. The van der Waals surface area contributed by atoms with Gasteiger partial charge in [-0.3, -0.25) is 4.79 Å². The fraction of sp³-hybridized carbons (Fsp3) is 0.881. The molecule has 298 valence electrons. The number of carboxylic acid groups (broad SMARTS) is 2.